The Morgan fingerprint density at radius 1 is 0.967 bits per heavy atom. The van der Waals surface area contributed by atoms with Crippen molar-refractivity contribution in [1.29, 1.82) is 0 Å². The molecule has 0 bridgehead atoms. The molecule has 0 radical (unpaired) electrons. The zero-order valence-electron chi connectivity index (χ0n) is 16.5. The van der Waals surface area contributed by atoms with E-state index in [4.69, 9.17) is 4.74 Å². The molecule has 2 aromatic rings. The van der Waals surface area contributed by atoms with Gasteiger partial charge in [0.25, 0.3) is 11.7 Å². The Morgan fingerprint density at radius 3 is 2.30 bits per heavy atom. The van der Waals surface area contributed by atoms with Gasteiger partial charge in [-0.2, -0.15) is 0 Å². The van der Waals surface area contributed by atoms with Crippen molar-refractivity contribution in [2.45, 2.75) is 6.04 Å². The molecule has 2 aliphatic heterocycles. The fraction of sp³-hybridized carbons (Fsp3) is 0.304. The molecule has 7 heteroatoms. The van der Waals surface area contributed by atoms with Crippen LogP contribution in [0.2, 0.25) is 0 Å². The highest BCUT2D eigenvalue weighted by Crippen LogP contribution is 2.39. The number of hydrogen-bond donors (Lipinski definition) is 2. The van der Waals surface area contributed by atoms with Crippen LogP contribution < -0.4 is 0 Å². The topological polar surface area (TPSA) is 90.3 Å². The first-order valence-electron chi connectivity index (χ1n) is 9.99. The number of aliphatic hydroxyl groups is 1. The first-order valence-corrected chi connectivity index (χ1v) is 9.99. The summed E-state index contributed by atoms with van der Waals surface area (Å²) >= 11 is 0. The summed E-state index contributed by atoms with van der Waals surface area (Å²) in [5.74, 6) is -1.43. The average molecular weight is 408 g/mol. The van der Waals surface area contributed by atoms with Crippen LogP contribution in [0.1, 0.15) is 17.2 Å². The number of ketones is 1. The van der Waals surface area contributed by atoms with E-state index in [1.165, 1.54) is 17.0 Å². The Balaban J connectivity index is 1.72. The SMILES string of the molecule is O=C1C(=O)N(CCN2CCOCC2)C(c2ccc(O)cc2)C1=C(O)c1ccccc1. The van der Waals surface area contributed by atoms with Gasteiger partial charge in [-0.25, -0.2) is 0 Å². The number of benzene rings is 2. The third-order valence-corrected chi connectivity index (χ3v) is 5.56. The molecule has 7 nitrogen and oxygen atoms in total. The number of nitrogens with zero attached hydrogens (tertiary/aromatic N) is 2. The number of carbonyl (C=O) groups is 2. The summed E-state index contributed by atoms with van der Waals surface area (Å²) in [5, 5.41) is 20.6. The molecule has 0 aromatic heterocycles. The van der Waals surface area contributed by atoms with Gasteiger partial charge in [-0.15, -0.1) is 0 Å². The molecule has 2 saturated heterocycles. The van der Waals surface area contributed by atoms with Crippen molar-refractivity contribution in [3.05, 3.63) is 71.3 Å². The lowest BCUT2D eigenvalue weighted by Crippen LogP contribution is -2.42. The molecule has 4 rings (SSSR count). The van der Waals surface area contributed by atoms with Crippen molar-refractivity contribution < 1.29 is 24.5 Å². The number of hydrogen-bond acceptors (Lipinski definition) is 6. The van der Waals surface area contributed by atoms with Crippen LogP contribution in [0.25, 0.3) is 5.76 Å². The maximum atomic E-state index is 12.9. The first kappa shape index (κ1) is 20.1. The van der Waals surface area contributed by atoms with Crippen molar-refractivity contribution in [1.82, 2.24) is 9.80 Å². The molecule has 2 N–H and O–H groups in total. The lowest BCUT2D eigenvalue weighted by Gasteiger charge is -2.31. The van der Waals surface area contributed by atoms with Crippen LogP contribution in [0.5, 0.6) is 5.75 Å². The van der Waals surface area contributed by atoms with E-state index >= 15 is 0 Å². The summed E-state index contributed by atoms with van der Waals surface area (Å²) in [5.41, 5.74) is 1.21. The van der Waals surface area contributed by atoms with Crippen molar-refractivity contribution in [2.75, 3.05) is 39.4 Å². The third-order valence-electron chi connectivity index (χ3n) is 5.56. The number of ether oxygens (including phenoxy) is 1. The maximum absolute atomic E-state index is 12.9. The van der Waals surface area contributed by atoms with Crippen LogP contribution in [0, 0.1) is 0 Å². The molecule has 2 heterocycles. The van der Waals surface area contributed by atoms with Crippen molar-refractivity contribution in [3.63, 3.8) is 0 Å². The fourth-order valence-electron chi connectivity index (χ4n) is 3.94. The van der Waals surface area contributed by atoms with Crippen molar-refractivity contribution in [3.8, 4) is 5.75 Å². The van der Waals surface area contributed by atoms with E-state index in [0.717, 1.165) is 13.1 Å². The highest BCUT2D eigenvalue weighted by Gasteiger charge is 2.46. The lowest BCUT2D eigenvalue weighted by molar-refractivity contribution is -0.140. The molecular weight excluding hydrogens is 384 g/mol. The largest absolute Gasteiger partial charge is 0.508 e. The minimum atomic E-state index is -0.716. The molecule has 1 unspecified atom stereocenters. The number of likely N-dealkylation sites (tertiary alicyclic amines) is 1. The molecule has 0 aliphatic carbocycles. The van der Waals surface area contributed by atoms with Crippen LogP contribution in [0.3, 0.4) is 0 Å². The monoisotopic (exact) mass is 408 g/mol. The van der Waals surface area contributed by atoms with Gasteiger partial charge in [0.2, 0.25) is 0 Å². The summed E-state index contributed by atoms with van der Waals surface area (Å²) in [4.78, 5) is 29.6. The Hall–Kier alpha value is -3.16. The molecular formula is C23H24N2O5. The molecule has 0 saturated carbocycles. The van der Waals surface area contributed by atoms with Crippen molar-refractivity contribution in [2.24, 2.45) is 0 Å². The number of aliphatic hydroxyl groups excluding tert-OH is 1. The van der Waals surface area contributed by atoms with E-state index in [1.54, 1.807) is 36.4 Å². The number of aromatic hydroxyl groups is 1. The number of morpholine rings is 1. The zero-order chi connectivity index (χ0) is 21.1. The Morgan fingerprint density at radius 2 is 1.63 bits per heavy atom. The molecule has 2 aliphatic rings. The summed E-state index contributed by atoms with van der Waals surface area (Å²) in [6.07, 6.45) is 0. The van der Waals surface area contributed by atoms with Crippen LogP contribution in [0.15, 0.2) is 60.2 Å². The predicted molar refractivity (Wildman–Crippen MR) is 111 cm³/mol. The van der Waals surface area contributed by atoms with Crippen molar-refractivity contribution >= 4 is 17.4 Å². The molecule has 0 spiro atoms. The average Bonchev–Trinajstić information content (AvgIpc) is 3.04. The fourth-order valence-corrected chi connectivity index (χ4v) is 3.94. The van der Waals surface area contributed by atoms with Gasteiger partial charge >= 0.3 is 0 Å². The summed E-state index contributed by atoms with van der Waals surface area (Å²) in [6, 6.07) is 14.4. The second kappa shape index (κ2) is 8.69. The Bertz CT molecular complexity index is 949. The zero-order valence-corrected chi connectivity index (χ0v) is 16.5. The lowest BCUT2D eigenvalue weighted by atomic mass is 9.95. The minimum absolute atomic E-state index is 0.0684. The highest BCUT2D eigenvalue weighted by atomic mass is 16.5. The van der Waals surface area contributed by atoms with E-state index in [1.807, 2.05) is 6.07 Å². The quantitative estimate of drug-likeness (QED) is 0.448. The van der Waals surface area contributed by atoms with Gasteiger partial charge in [-0.05, 0) is 17.7 Å². The molecule has 30 heavy (non-hydrogen) atoms. The molecule has 1 atom stereocenters. The van der Waals surface area contributed by atoms with Crippen LogP contribution >= 0.6 is 0 Å². The van der Waals surface area contributed by atoms with Gasteiger partial charge < -0.3 is 19.8 Å². The Labute approximate surface area is 174 Å². The van der Waals surface area contributed by atoms with Crippen LogP contribution in [-0.4, -0.2) is 71.1 Å². The van der Waals surface area contributed by atoms with Gasteiger partial charge in [0.05, 0.1) is 24.8 Å². The van der Waals surface area contributed by atoms with E-state index in [-0.39, 0.29) is 17.1 Å². The second-order valence-corrected chi connectivity index (χ2v) is 7.40. The molecule has 1 amide bonds. The number of phenolic OH excluding ortho intramolecular Hbond substituents is 1. The number of amides is 1. The summed E-state index contributed by atoms with van der Waals surface area (Å²) in [6.45, 7) is 3.80. The van der Waals surface area contributed by atoms with E-state index in [2.05, 4.69) is 4.90 Å². The highest BCUT2D eigenvalue weighted by molar-refractivity contribution is 6.46. The number of rotatable bonds is 5. The van der Waals surface area contributed by atoms with E-state index in [0.29, 0.717) is 37.4 Å². The normalized spacial score (nSPS) is 21.9. The predicted octanol–water partition coefficient (Wildman–Crippen LogP) is 2.15. The minimum Gasteiger partial charge on any atom is -0.508 e. The number of Topliss-reactive ketones (excluding diaryl/α,β-unsaturated/α-hetero) is 1. The van der Waals surface area contributed by atoms with Gasteiger partial charge in [0, 0.05) is 31.7 Å². The second-order valence-electron chi connectivity index (χ2n) is 7.40. The molecule has 2 fully saturated rings. The first-order chi connectivity index (χ1) is 14.6. The van der Waals surface area contributed by atoms with Crippen LogP contribution in [-0.2, 0) is 14.3 Å². The standard InChI is InChI=1S/C23H24N2O5/c26-18-8-6-16(7-9-18)20-19(21(27)17-4-2-1-3-5-17)22(28)23(29)25(20)11-10-24-12-14-30-15-13-24/h1-9,20,26-27H,10-15H2. The number of carbonyl (C=O) groups excluding carboxylic acids is 2. The third kappa shape index (κ3) is 3.94. The van der Waals surface area contributed by atoms with Gasteiger partial charge in [0.15, 0.2) is 0 Å². The molecule has 156 valence electrons. The maximum Gasteiger partial charge on any atom is 0.295 e. The van der Waals surface area contributed by atoms with Crippen LogP contribution in [0.4, 0.5) is 0 Å². The summed E-state index contributed by atoms with van der Waals surface area (Å²) < 4.78 is 5.37. The smallest absolute Gasteiger partial charge is 0.295 e. The van der Waals surface area contributed by atoms with Gasteiger partial charge in [-0.1, -0.05) is 42.5 Å². The summed E-state index contributed by atoms with van der Waals surface area (Å²) in [7, 11) is 0. The van der Waals surface area contributed by atoms with Gasteiger partial charge in [-0.3, -0.25) is 14.5 Å². The Kier molecular flexibility index (Phi) is 5.83. The van der Waals surface area contributed by atoms with Gasteiger partial charge in [0.1, 0.15) is 11.5 Å². The van der Waals surface area contributed by atoms with E-state index < -0.39 is 17.7 Å². The van der Waals surface area contributed by atoms with E-state index in [9.17, 15) is 19.8 Å². The molecule has 2 aromatic carbocycles. The number of phenols is 1.